The van der Waals surface area contributed by atoms with E-state index in [1.165, 1.54) is 66.8 Å². The van der Waals surface area contributed by atoms with Crippen molar-refractivity contribution in [3.8, 4) is 11.1 Å². The van der Waals surface area contributed by atoms with Crippen LogP contribution in [0, 0.1) is 27.7 Å². The predicted molar refractivity (Wildman–Crippen MR) is 190 cm³/mol. The zero-order chi connectivity index (χ0) is 28.8. The van der Waals surface area contributed by atoms with Gasteiger partial charge in [-0.2, -0.15) is 0 Å². The van der Waals surface area contributed by atoms with Crippen LogP contribution in [0.25, 0.3) is 16.7 Å². The van der Waals surface area contributed by atoms with Crippen LogP contribution in [-0.2, 0) is 21.3 Å². The summed E-state index contributed by atoms with van der Waals surface area (Å²) in [7, 11) is 0. The van der Waals surface area contributed by atoms with Crippen molar-refractivity contribution in [2.75, 3.05) is 0 Å². The van der Waals surface area contributed by atoms with E-state index in [0.29, 0.717) is 3.63 Å². The Labute approximate surface area is 282 Å². The molecule has 44 heavy (non-hydrogen) atoms. The molecule has 0 atom stereocenters. The molecular weight excluding hydrogens is 655 g/mol. The molecule has 0 bridgehead atoms. The Morgan fingerprint density at radius 1 is 0.568 bits per heavy atom. The van der Waals surface area contributed by atoms with Gasteiger partial charge in [-0.15, -0.1) is 24.8 Å². The van der Waals surface area contributed by atoms with Crippen molar-refractivity contribution >= 4 is 33.6 Å². The molecule has 0 heterocycles. The molecule has 0 fully saturated rings. The molecule has 0 amide bonds. The van der Waals surface area contributed by atoms with E-state index < -0.39 is 21.3 Å². The van der Waals surface area contributed by atoms with Crippen LogP contribution in [0.4, 0.5) is 0 Å². The van der Waals surface area contributed by atoms with Crippen molar-refractivity contribution in [1.82, 2.24) is 0 Å². The minimum absolute atomic E-state index is 0. The van der Waals surface area contributed by atoms with Crippen molar-refractivity contribution in [1.29, 1.82) is 0 Å². The van der Waals surface area contributed by atoms with Gasteiger partial charge in [-0.05, 0) is 0 Å². The van der Waals surface area contributed by atoms with Crippen molar-refractivity contribution < 1.29 is 21.3 Å². The van der Waals surface area contributed by atoms with Gasteiger partial charge < -0.3 is 0 Å². The molecule has 2 aliphatic rings. The first-order valence-electron chi connectivity index (χ1n) is 15.1. The van der Waals surface area contributed by atoms with Crippen LogP contribution < -0.4 is 0 Å². The van der Waals surface area contributed by atoms with Gasteiger partial charge in [0, 0.05) is 0 Å². The van der Waals surface area contributed by atoms with Gasteiger partial charge in [-0.3, -0.25) is 0 Å². The minimum Gasteiger partial charge on any atom is -0.147 e. The Morgan fingerprint density at radius 3 is 1.61 bits per heavy atom. The van der Waals surface area contributed by atoms with Gasteiger partial charge in [-0.1, -0.05) is 0 Å². The van der Waals surface area contributed by atoms with E-state index in [0.717, 1.165) is 6.42 Å². The number of fused-ring (bicyclic) bond motifs is 3. The molecule has 0 aromatic heterocycles. The van der Waals surface area contributed by atoms with Crippen molar-refractivity contribution in [2.45, 2.75) is 37.7 Å². The van der Waals surface area contributed by atoms with E-state index in [1.807, 2.05) is 0 Å². The van der Waals surface area contributed by atoms with Gasteiger partial charge in [0.25, 0.3) is 0 Å². The van der Waals surface area contributed by atoms with Gasteiger partial charge in [-0.25, -0.2) is 0 Å². The number of halogens is 2. The number of rotatable bonds is 5. The summed E-state index contributed by atoms with van der Waals surface area (Å²) in [6, 6.07) is 43.5. The zero-order valence-electron chi connectivity index (χ0n) is 25.7. The fourth-order valence-electron chi connectivity index (χ4n) is 7.13. The van der Waals surface area contributed by atoms with Crippen molar-refractivity contribution in [2.24, 2.45) is 0 Å². The van der Waals surface area contributed by atoms with Crippen molar-refractivity contribution in [3.05, 3.63) is 181 Å². The number of benzene rings is 5. The summed E-state index contributed by atoms with van der Waals surface area (Å²) < 4.78 is 3.72. The first kappa shape index (κ1) is 32.3. The maximum Gasteiger partial charge on any atom is -0.147 e. The molecule has 0 spiro atoms. The van der Waals surface area contributed by atoms with E-state index in [-0.39, 0.29) is 24.8 Å². The number of allylic oxidation sites excluding steroid dienone is 4. The van der Waals surface area contributed by atoms with Crippen LogP contribution in [-0.4, -0.2) is 3.21 Å². The molecule has 3 heteroatoms. The first-order chi connectivity index (χ1) is 20.5. The zero-order valence-corrected chi connectivity index (χ0v) is 29.8. The molecule has 0 nitrogen and oxygen atoms in total. The second-order valence-corrected chi connectivity index (χ2v) is 17.9. The van der Waals surface area contributed by atoms with E-state index >= 15 is 0 Å². The summed E-state index contributed by atoms with van der Waals surface area (Å²) in [5, 5.41) is 0. The third-order valence-corrected chi connectivity index (χ3v) is 18.0. The van der Waals surface area contributed by atoms with Gasteiger partial charge in [0.1, 0.15) is 0 Å². The average molecular weight is 693 g/mol. The summed E-state index contributed by atoms with van der Waals surface area (Å²) >= 11 is -2.81. The van der Waals surface area contributed by atoms with E-state index in [1.54, 1.807) is 6.49 Å². The number of hydrogen-bond acceptors (Lipinski definition) is 0. The SMILES string of the molecule is Cc1cc(C2=[C]([Zr](=[C](c3ccccc3)c3ccccc3)[CH]3c4ccccc4-c4ccccc43)CC=C2)c(C)c(C)c1C.Cl.Cl. The van der Waals surface area contributed by atoms with Crippen LogP contribution in [0.1, 0.15) is 60.1 Å². The smallest absolute Gasteiger partial charge is 0.147 e. The van der Waals surface area contributed by atoms with E-state index in [9.17, 15) is 0 Å². The van der Waals surface area contributed by atoms with Crippen LogP contribution in [0.15, 0.2) is 131 Å². The largest absolute Gasteiger partial charge is 0.147 e. The second-order valence-electron chi connectivity index (χ2n) is 11.7. The first-order valence-corrected chi connectivity index (χ1v) is 18.9. The normalized spacial score (nSPS) is 13.2. The molecule has 5 aromatic carbocycles. The Morgan fingerprint density at radius 2 is 1.07 bits per heavy atom. The molecule has 220 valence electrons. The van der Waals surface area contributed by atoms with Gasteiger partial charge in [0.2, 0.25) is 0 Å². The molecule has 2 aliphatic carbocycles. The van der Waals surface area contributed by atoms with Crippen LogP contribution >= 0.6 is 24.8 Å². The fraction of sp³-hybridized carbons (Fsp3) is 0.146. The second kappa shape index (κ2) is 13.5. The Kier molecular flexibility index (Phi) is 9.91. The molecule has 0 saturated heterocycles. The molecule has 0 saturated carbocycles. The summed E-state index contributed by atoms with van der Waals surface area (Å²) in [5.41, 5.74) is 17.2. The Hall–Kier alpha value is -3.09. The molecule has 0 radical (unpaired) electrons. The monoisotopic (exact) mass is 690 g/mol. The summed E-state index contributed by atoms with van der Waals surface area (Å²) in [6.07, 6.45) is 5.93. The number of hydrogen-bond donors (Lipinski definition) is 0. The summed E-state index contributed by atoms with van der Waals surface area (Å²) in [6.45, 7) is 9.18. The molecular formula is C41H38Cl2Zr. The van der Waals surface area contributed by atoms with Crippen LogP contribution in [0.5, 0.6) is 0 Å². The van der Waals surface area contributed by atoms with E-state index in [2.05, 4.69) is 155 Å². The third kappa shape index (κ3) is 5.49. The number of aryl methyl sites for hydroxylation is 1. The maximum atomic E-state index is 2.46. The molecule has 0 N–H and O–H groups in total. The fourth-order valence-corrected chi connectivity index (χ4v) is 16.6. The van der Waals surface area contributed by atoms with Crippen LogP contribution in [0.3, 0.4) is 0 Å². The third-order valence-electron chi connectivity index (χ3n) is 9.54. The maximum absolute atomic E-state index is 2.81. The summed E-state index contributed by atoms with van der Waals surface area (Å²) in [4.78, 5) is 0. The average Bonchev–Trinajstić information content (AvgIpc) is 3.65. The van der Waals surface area contributed by atoms with Crippen LogP contribution in [0.2, 0.25) is 0 Å². The molecule has 0 unspecified atom stereocenters. The topological polar surface area (TPSA) is 0 Å². The Bertz CT molecular complexity index is 1840. The van der Waals surface area contributed by atoms with Crippen molar-refractivity contribution in [3.63, 3.8) is 0 Å². The minimum atomic E-state index is -2.81. The molecule has 7 rings (SSSR count). The van der Waals surface area contributed by atoms with E-state index in [4.69, 9.17) is 0 Å². The summed E-state index contributed by atoms with van der Waals surface area (Å²) in [5.74, 6) is 0. The Balaban J connectivity index is 0.00000192. The van der Waals surface area contributed by atoms with Gasteiger partial charge in [0.05, 0.1) is 0 Å². The molecule has 5 aromatic rings. The standard InChI is InChI=1S/C15H17.C13H9.C13H10.2ClH.Zr/c1-10-9-15(14-7-5-6-8-14)13(4)12(3)11(10)2;1-3-7-12-10(5-1)9-11-6-2-4-8-13(11)12;1-3-7-12(8-4-1)11-13-9-5-2-6-10-13;;;/h5,7,9H,6H2,1-4H3;1-9H;1-10H;2*1H;. The quantitative estimate of drug-likeness (QED) is 0.172. The molecule has 0 aliphatic heterocycles. The predicted octanol–water partition coefficient (Wildman–Crippen LogP) is 11.1. The van der Waals surface area contributed by atoms with Gasteiger partial charge in [0.15, 0.2) is 0 Å². The van der Waals surface area contributed by atoms with Gasteiger partial charge >= 0.3 is 260 Å².